The van der Waals surface area contributed by atoms with Crippen molar-refractivity contribution in [2.45, 2.75) is 9.96 Å². The third kappa shape index (κ3) is 2.97. The molecule has 1 fully saturated rings. The fourth-order valence-electron chi connectivity index (χ4n) is 1.29. The van der Waals surface area contributed by atoms with E-state index in [0.717, 1.165) is 13.1 Å². The molecule has 0 spiro atoms. The third-order valence-corrected chi connectivity index (χ3v) is 4.14. The molecule has 1 aliphatic heterocycles. The Morgan fingerprint density at radius 2 is 1.46 bits per heavy atom. The van der Waals surface area contributed by atoms with Gasteiger partial charge in [-0.1, -0.05) is 58.7 Å². The van der Waals surface area contributed by atoms with Crippen molar-refractivity contribution in [1.82, 2.24) is 8.61 Å². The summed E-state index contributed by atoms with van der Waals surface area (Å²) in [5.41, 5.74) is 0. The van der Waals surface area contributed by atoms with Crippen LogP contribution in [0.15, 0.2) is 0 Å². The summed E-state index contributed by atoms with van der Waals surface area (Å²) >= 11 is 20.9. The number of hydrogen-bond donors (Lipinski definition) is 0. The second-order valence-electron chi connectivity index (χ2n) is 2.56. The van der Waals surface area contributed by atoms with Crippen LogP contribution >= 0.6 is 58.7 Å². The molecule has 0 bridgehead atoms. The van der Waals surface area contributed by atoms with Crippen molar-refractivity contribution in [3.8, 4) is 0 Å². The normalized spacial score (nSPS) is 22.8. The zero-order chi connectivity index (χ0) is 10.1. The van der Waals surface area contributed by atoms with E-state index >= 15 is 0 Å². The van der Waals surface area contributed by atoms with Gasteiger partial charge in [-0.05, 0) is 12.5 Å². The Labute approximate surface area is 103 Å². The lowest BCUT2D eigenvalue weighted by molar-refractivity contribution is 0.330. The number of rotatable bonds is 2. The summed E-state index contributed by atoms with van der Waals surface area (Å²) in [6, 6.07) is 0. The average molecular weight is 282 g/mol. The van der Waals surface area contributed by atoms with Crippen molar-refractivity contribution in [3.63, 3.8) is 0 Å². The van der Waals surface area contributed by atoms with E-state index in [1.165, 1.54) is 0 Å². The highest BCUT2D eigenvalue weighted by Gasteiger charge is 2.45. The van der Waals surface area contributed by atoms with Gasteiger partial charge in [0.1, 0.15) is 6.17 Å². The standard InChI is InChI=1S/C6H11Cl3N2S2/c1-12-10-3-4-11(13-2)5(10)6(7,8)9/h5H,3-4H2,1-2H3. The van der Waals surface area contributed by atoms with Crippen LogP contribution in [0.4, 0.5) is 0 Å². The predicted molar refractivity (Wildman–Crippen MR) is 64.5 cm³/mol. The quantitative estimate of drug-likeness (QED) is 0.567. The summed E-state index contributed by atoms with van der Waals surface area (Å²) < 4.78 is 2.93. The molecular weight excluding hydrogens is 271 g/mol. The van der Waals surface area contributed by atoms with Crippen molar-refractivity contribution in [1.29, 1.82) is 0 Å². The van der Waals surface area contributed by atoms with E-state index in [1.807, 2.05) is 12.5 Å². The van der Waals surface area contributed by atoms with Gasteiger partial charge in [0.05, 0.1) is 0 Å². The summed E-state index contributed by atoms with van der Waals surface area (Å²) in [6.07, 6.45) is 3.85. The van der Waals surface area contributed by atoms with Gasteiger partial charge in [0.25, 0.3) is 0 Å². The number of halogens is 3. The SMILES string of the molecule is CSN1CCN(SC)C1C(Cl)(Cl)Cl. The monoisotopic (exact) mass is 280 g/mol. The Morgan fingerprint density at radius 3 is 1.69 bits per heavy atom. The highest BCUT2D eigenvalue weighted by atomic mass is 35.6. The molecule has 2 nitrogen and oxygen atoms in total. The lowest BCUT2D eigenvalue weighted by Crippen LogP contribution is -2.42. The molecule has 0 aliphatic carbocycles. The van der Waals surface area contributed by atoms with Crippen LogP contribution in [0.25, 0.3) is 0 Å². The zero-order valence-corrected chi connectivity index (χ0v) is 11.2. The predicted octanol–water partition coefficient (Wildman–Crippen LogP) is 2.86. The highest BCUT2D eigenvalue weighted by molar-refractivity contribution is 7.97. The van der Waals surface area contributed by atoms with Crippen LogP contribution in [0.5, 0.6) is 0 Å². The van der Waals surface area contributed by atoms with E-state index in [2.05, 4.69) is 8.61 Å². The van der Waals surface area contributed by atoms with E-state index in [1.54, 1.807) is 23.9 Å². The second kappa shape index (κ2) is 5.01. The molecule has 7 heteroatoms. The van der Waals surface area contributed by atoms with Crippen LogP contribution in [-0.2, 0) is 0 Å². The molecule has 0 atom stereocenters. The van der Waals surface area contributed by atoms with Gasteiger partial charge in [-0.25, -0.2) is 8.61 Å². The van der Waals surface area contributed by atoms with Crippen LogP contribution in [0.3, 0.4) is 0 Å². The lowest BCUT2D eigenvalue weighted by Gasteiger charge is -2.32. The Balaban J connectivity index is 2.73. The maximum absolute atomic E-state index is 5.91. The first-order valence-corrected chi connectivity index (χ1v) is 7.18. The van der Waals surface area contributed by atoms with E-state index in [4.69, 9.17) is 34.8 Å². The molecule has 0 aromatic rings. The molecule has 1 heterocycles. The van der Waals surface area contributed by atoms with Crippen LogP contribution in [0.1, 0.15) is 0 Å². The van der Waals surface area contributed by atoms with Crippen LogP contribution in [0, 0.1) is 0 Å². The minimum absolute atomic E-state index is 0.137. The Kier molecular flexibility index (Phi) is 4.84. The first kappa shape index (κ1) is 12.6. The van der Waals surface area contributed by atoms with Gasteiger partial charge in [-0.3, -0.25) is 0 Å². The van der Waals surface area contributed by atoms with Crippen LogP contribution < -0.4 is 0 Å². The molecular formula is C6H11Cl3N2S2. The van der Waals surface area contributed by atoms with Gasteiger partial charge < -0.3 is 0 Å². The van der Waals surface area contributed by atoms with Crippen LogP contribution in [0.2, 0.25) is 0 Å². The van der Waals surface area contributed by atoms with E-state index in [0.29, 0.717) is 0 Å². The van der Waals surface area contributed by atoms with Crippen molar-refractivity contribution in [2.75, 3.05) is 25.6 Å². The Morgan fingerprint density at radius 1 is 1.08 bits per heavy atom. The fraction of sp³-hybridized carbons (Fsp3) is 1.00. The first-order valence-electron chi connectivity index (χ1n) is 3.69. The first-order chi connectivity index (χ1) is 6.00. The van der Waals surface area contributed by atoms with E-state index < -0.39 is 3.79 Å². The van der Waals surface area contributed by atoms with Gasteiger partial charge in [-0.2, -0.15) is 0 Å². The van der Waals surface area contributed by atoms with Crippen molar-refractivity contribution >= 4 is 58.7 Å². The minimum Gasteiger partial charge on any atom is -0.228 e. The molecule has 0 N–H and O–H groups in total. The number of alkyl halides is 3. The Bertz CT molecular complexity index is 164. The summed E-state index contributed by atoms with van der Waals surface area (Å²) in [7, 11) is 0. The summed E-state index contributed by atoms with van der Waals surface area (Å²) in [5, 5.41) is 0. The van der Waals surface area contributed by atoms with Crippen molar-refractivity contribution in [2.24, 2.45) is 0 Å². The molecule has 0 aromatic carbocycles. The topological polar surface area (TPSA) is 6.48 Å². The van der Waals surface area contributed by atoms with Gasteiger partial charge in [0.15, 0.2) is 0 Å². The molecule has 1 saturated heterocycles. The molecule has 78 valence electrons. The third-order valence-electron chi connectivity index (χ3n) is 1.85. The summed E-state index contributed by atoms with van der Waals surface area (Å²) in [5.74, 6) is 0. The van der Waals surface area contributed by atoms with E-state index in [9.17, 15) is 0 Å². The molecule has 0 amide bonds. The zero-order valence-electron chi connectivity index (χ0n) is 7.34. The molecule has 0 saturated carbocycles. The highest BCUT2D eigenvalue weighted by Crippen LogP contribution is 2.41. The number of hydrogen-bond acceptors (Lipinski definition) is 4. The summed E-state index contributed by atoms with van der Waals surface area (Å²) in [4.78, 5) is 0. The Hall–Kier alpha value is 1.49. The van der Waals surface area contributed by atoms with Crippen LogP contribution in [-0.4, -0.2) is 44.2 Å². The molecule has 0 aromatic heterocycles. The molecule has 0 radical (unpaired) electrons. The van der Waals surface area contributed by atoms with Crippen molar-refractivity contribution in [3.05, 3.63) is 0 Å². The molecule has 1 rings (SSSR count). The smallest absolute Gasteiger partial charge is 0.220 e. The fourth-order valence-corrected chi connectivity index (χ4v) is 3.88. The minimum atomic E-state index is -1.25. The van der Waals surface area contributed by atoms with Gasteiger partial charge in [-0.15, -0.1) is 0 Å². The maximum atomic E-state index is 5.91. The van der Waals surface area contributed by atoms with E-state index in [-0.39, 0.29) is 6.17 Å². The second-order valence-corrected chi connectivity index (χ2v) is 6.60. The van der Waals surface area contributed by atoms with Gasteiger partial charge >= 0.3 is 0 Å². The number of nitrogens with zero attached hydrogens (tertiary/aromatic N) is 2. The average Bonchev–Trinajstić information content (AvgIpc) is 2.45. The van der Waals surface area contributed by atoms with Crippen molar-refractivity contribution < 1.29 is 0 Å². The van der Waals surface area contributed by atoms with Gasteiger partial charge in [0, 0.05) is 13.1 Å². The molecule has 1 aliphatic rings. The van der Waals surface area contributed by atoms with Gasteiger partial charge in [0.2, 0.25) is 3.79 Å². The summed E-state index contributed by atoms with van der Waals surface area (Å²) in [6.45, 7) is 1.86. The molecule has 0 unspecified atom stereocenters. The maximum Gasteiger partial charge on any atom is 0.220 e. The lowest BCUT2D eigenvalue weighted by atomic mass is 10.6. The largest absolute Gasteiger partial charge is 0.228 e. The molecule has 13 heavy (non-hydrogen) atoms.